The van der Waals surface area contributed by atoms with Crippen LogP contribution in [0.1, 0.15) is 32.1 Å². The lowest BCUT2D eigenvalue weighted by molar-refractivity contribution is 0.708. The number of hydrogen-bond donors (Lipinski definition) is 2. The quantitative estimate of drug-likeness (QED) is 0.533. The molecule has 0 spiro atoms. The van der Waals surface area contributed by atoms with E-state index in [0.29, 0.717) is 0 Å². The first kappa shape index (κ1) is 7.32. The summed E-state index contributed by atoms with van der Waals surface area (Å²) in [4.78, 5) is 0. The Morgan fingerprint density at radius 2 is 1.90 bits per heavy atom. The van der Waals surface area contributed by atoms with Crippen LogP contribution in [-0.4, -0.2) is 6.21 Å². The number of nitrogens with two attached hydrogens (primary N) is 1. The van der Waals surface area contributed by atoms with Crippen LogP contribution in [0.25, 0.3) is 0 Å². The monoisotopic (exact) mass is 138 g/mol. The Morgan fingerprint density at radius 1 is 1.20 bits per heavy atom. The van der Waals surface area contributed by atoms with Crippen molar-refractivity contribution in [1.82, 2.24) is 0 Å². The summed E-state index contributed by atoms with van der Waals surface area (Å²) >= 11 is 0. The number of allylic oxidation sites excluding steroid dienone is 2. The average molecular weight is 138 g/mol. The van der Waals surface area contributed by atoms with E-state index in [-0.39, 0.29) is 0 Å². The largest absolute Gasteiger partial charge is 0.402 e. The molecule has 0 radical (unpaired) electrons. The molecule has 0 unspecified atom stereocenters. The lowest BCUT2D eigenvalue weighted by Gasteiger charge is -1.99. The Hall–Kier alpha value is -0.790. The highest BCUT2D eigenvalue weighted by Crippen LogP contribution is 2.18. The van der Waals surface area contributed by atoms with Gasteiger partial charge in [0.05, 0.1) is 0 Å². The summed E-state index contributed by atoms with van der Waals surface area (Å²) in [6.07, 6.45) is 7.06. The van der Waals surface area contributed by atoms with Crippen LogP contribution in [0.2, 0.25) is 0 Å². The molecular weight excluding hydrogens is 124 g/mol. The molecular formula is C8H14N2. The fraction of sp³-hybridized carbons (Fsp3) is 0.625. The summed E-state index contributed by atoms with van der Waals surface area (Å²) in [6.45, 7) is 0. The molecule has 0 aromatic rings. The van der Waals surface area contributed by atoms with Crippen molar-refractivity contribution in [3.05, 3.63) is 11.3 Å². The fourth-order valence-corrected chi connectivity index (χ4v) is 1.29. The zero-order chi connectivity index (χ0) is 7.40. The minimum absolute atomic E-state index is 0.938. The van der Waals surface area contributed by atoms with Gasteiger partial charge in [0.1, 0.15) is 0 Å². The number of rotatable bonds is 1. The number of nitrogens with one attached hydrogen (secondary N) is 1. The summed E-state index contributed by atoms with van der Waals surface area (Å²) in [6, 6.07) is 0. The molecule has 0 bridgehead atoms. The van der Waals surface area contributed by atoms with E-state index >= 15 is 0 Å². The maximum atomic E-state index is 7.06. The highest BCUT2D eigenvalue weighted by molar-refractivity contribution is 5.76. The van der Waals surface area contributed by atoms with Gasteiger partial charge >= 0.3 is 0 Å². The van der Waals surface area contributed by atoms with Crippen molar-refractivity contribution < 1.29 is 0 Å². The molecule has 1 rings (SSSR count). The predicted molar refractivity (Wildman–Crippen MR) is 43.1 cm³/mol. The standard InChI is InChI=1S/C8H14N2/c9-6-7-4-2-1-3-5-8(7)10/h6,9H,1-5,10H2. The first-order chi connectivity index (χ1) is 4.84. The molecule has 0 saturated heterocycles. The van der Waals surface area contributed by atoms with Gasteiger partial charge < -0.3 is 11.1 Å². The van der Waals surface area contributed by atoms with Gasteiger partial charge in [-0.15, -0.1) is 0 Å². The second kappa shape index (κ2) is 3.40. The molecule has 10 heavy (non-hydrogen) atoms. The Labute approximate surface area is 61.6 Å². The average Bonchev–Trinajstić information content (AvgIpc) is 2.13. The second-order valence-corrected chi connectivity index (χ2v) is 2.76. The highest BCUT2D eigenvalue weighted by atomic mass is 14.6. The Kier molecular flexibility index (Phi) is 2.49. The molecule has 56 valence electrons. The van der Waals surface area contributed by atoms with Gasteiger partial charge in [-0.3, -0.25) is 0 Å². The van der Waals surface area contributed by atoms with Gasteiger partial charge in [0.25, 0.3) is 0 Å². The summed E-state index contributed by atoms with van der Waals surface area (Å²) in [5, 5.41) is 7.06. The number of hydrogen-bond acceptors (Lipinski definition) is 2. The first-order valence-electron chi connectivity index (χ1n) is 3.82. The van der Waals surface area contributed by atoms with Crippen molar-refractivity contribution in [1.29, 1.82) is 5.41 Å². The minimum Gasteiger partial charge on any atom is -0.402 e. The van der Waals surface area contributed by atoms with E-state index in [1.54, 1.807) is 0 Å². The van der Waals surface area contributed by atoms with E-state index in [2.05, 4.69) is 0 Å². The topological polar surface area (TPSA) is 49.9 Å². The molecule has 3 N–H and O–H groups in total. The Morgan fingerprint density at radius 3 is 2.60 bits per heavy atom. The molecule has 1 aliphatic carbocycles. The maximum absolute atomic E-state index is 7.06. The molecule has 0 aromatic heterocycles. The van der Waals surface area contributed by atoms with Crippen molar-refractivity contribution >= 4 is 6.21 Å². The molecule has 1 aliphatic rings. The third-order valence-corrected chi connectivity index (χ3v) is 1.98. The van der Waals surface area contributed by atoms with Crippen LogP contribution in [0.5, 0.6) is 0 Å². The zero-order valence-electron chi connectivity index (χ0n) is 6.19. The summed E-state index contributed by atoms with van der Waals surface area (Å²) in [5.41, 5.74) is 7.71. The second-order valence-electron chi connectivity index (χ2n) is 2.76. The van der Waals surface area contributed by atoms with Crippen LogP contribution in [-0.2, 0) is 0 Å². The Bertz CT molecular complexity index is 159. The Balaban J connectivity index is 2.67. The van der Waals surface area contributed by atoms with Crippen LogP contribution >= 0.6 is 0 Å². The van der Waals surface area contributed by atoms with Gasteiger partial charge in [0, 0.05) is 11.9 Å². The van der Waals surface area contributed by atoms with Crippen LogP contribution in [0.4, 0.5) is 0 Å². The summed E-state index contributed by atoms with van der Waals surface area (Å²) in [7, 11) is 0. The molecule has 0 aromatic carbocycles. The van der Waals surface area contributed by atoms with E-state index < -0.39 is 0 Å². The normalized spacial score (nSPS) is 20.4. The highest BCUT2D eigenvalue weighted by Gasteiger charge is 2.05. The van der Waals surface area contributed by atoms with Crippen LogP contribution in [0, 0.1) is 5.41 Å². The van der Waals surface area contributed by atoms with Crippen molar-refractivity contribution in [2.45, 2.75) is 32.1 Å². The lowest BCUT2D eigenvalue weighted by atomic mass is 10.1. The SMILES string of the molecule is N=CC1=C(N)CCCCC1. The van der Waals surface area contributed by atoms with Crippen LogP contribution in [0.3, 0.4) is 0 Å². The molecule has 2 heteroatoms. The van der Waals surface area contributed by atoms with Gasteiger partial charge in [0.2, 0.25) is 0 Å². The molecule has 0 atom stereocenters. The third kappa shape index (κ3) is 1.59. The molecule has 0 aliphatic heterocycles. The van der Waals surface area contributed by atoms with Gasteiger partial charge in [0.15, 0.2) is 0 Å². The first-order valence-corrected chi connectivity index (χ1v) is 3.82. The fourth-order valence-electron chi connectivity index (χ4n) is 1.29. The van der Waals surface area contributed by atoms with Gasteiger partial charge in [-0.25, -0.2) is 0 Å². The maximum Gasteiger partial charge on any atom is 0.0227 e. The van der Waals surface area contributed by atoms with Gasteiger partial charge in [-0.05, 0) is 31.3 Å². The lowest BCUT2D eigenvalue weighted by Crippen LogP contribution is -2.01. The molecule has 0 amide bonds. The zero-order valence-corrected chi connectivity index (χ0v) is 6.19. The van der Waals surface area contributed by atoms with E-state index in [1.807, 2.05) is 0 Å². The van der Waals surface area contributed by atoms with Crippen LogP contribution in [0.15, 0.2) is 11.3 Å². The smallest absolute Gasteiger partial charge is 0.0227 e. The molecule has 0 fully saturated rings. The van der Waals surface area contributed by atoms with Crippen molar-refractivity contribution in [3.63, 3.8) is 0 Å². The van der Waals surface area contributed by atoms with E-state index in [1.165, 1.54) is 25.5 Å². The molecule has 0 saturated carbocycles. The van der Waals surface area contributed by atoms with Crippen LogP contribution < -0.4 is 5.73 Å². The van der Waals surface area contributed by atoms with Crippen molar-refractivity contribution in [2.24, 2.45) is 5.73 Å². The predicted octanol–water partition coefficient (Wildman–Crippen LogP) is 1.81. The van der Waals surface area contributed by atoms with Crippen molar-refractivity contribution in [2.75, 3.05) is 0 Å². The van der Waals surface area contributed by atoms with Gasteiger partial charge in [-0.1, -0.05) is 6.42 Å². The molecule has 2 nitrogen and oxygen atoms in total. The summed E-state index contributed by atoms with van der Waals surface area (Å²) in [5.74, 6) is 0. The third-order valence-electron chi connectivity index (χ3n) is 1.98. The van der Waals surface area contributed by atoms with E-state index in [0.717, 1.165) is 24.1 Å². The minimum atomic E-state index is 0.938. The van der Waals surface area contributed by atoms with E-state index in [9.17, 15) is 0 Å². The van der Waals surface area contributed by atoms with E-state index in [4.69, 9.17) is 11.1 Å². The molecule has 0 heterocycles. The van der Waals surface area contributed by atoms with Crippen molar-refractivity contribution in [3.8, 4) is 0 Å². The van der Waals surface area contributed by atoms with Gasteiger partial charge in [-0.2, -0.15) is 0 Å². The summed E-state index contributed by atoms with van der Waals surface area (Å²) < 4.78 is 0.